The number of hydrogen-bond acceptors (Lipinski definition) is 2. The molecular formula is C7H6Cl2O2. The molecular weight excluding hydrogens is 187 g/mol. The first-order chi connectivity index (χ1) is 5.03. The zero-order chi connectivity index (χ0) is 8.48. The SMILES string of the molecule is O=CC1=CC(O)(Cl)CC(Cl)=C1. The van der Waals surface area contributed by atoms with Crippen molar-refractivity contribution in [2.75, 3.05) is 0 Å². The van der Waals surface area contributed by atoms with Crippen LogP contribution in [0.25, 0.3) is 0 Å². The normalized spacial score (nSPS) is 30.8. The van der Waals surface area contributed by atoms with Crippen LogP contribution in [0.1, 0.15) is 6.42 Å². The van der Waals surface area contributed by atoms with E-state index in [-0.39, 0.29) is 6.42 Å². The van der Waals surface area contributed by atoms with Crippen LogP contribution in [0.3, 0.4) is 0 Å². The van der Waals surface area contributed by atoms with Gasteiger partial charge in [0.05, 0.1) is 0 Å². The van der Waals surface area contributed by atoms with E-state index in [0.29, 0.717) is 16.9 Å². The van der Waals surface area contributed by atoms with Gasteiger partial charge in [0.2, 0.25) is 0 Å². The Bertz CT molecular complexity index is 241. The van der Waals surface area contributed by atoms with Crippen LogP contribution in [0, 0.1) is 0 Å². The van der Waals surface area contributed by atoms with Gasteiger partial charge in [-0.25, -0.2) is 0 Å². The van der Waals surface area contributed by atoms with Crippen molar-refractivity contribution < 1.29 is 9.90 Å². The van der Waals surface area contributed by atoms with Gasteiger partial charge in [0.1, 0.15) is 6.29 Å². The molecule has 1 aliphatic carbocycles. The van der Waals surface area contributed by atoms with Gasteiger partial charge in [0.15, 0.2) is 5.06 Å². The molecule has 0 heterocycles. The molecule has 1 unspecified atom stereocenters. The van der Waals surface area contributed by atoms with E-state index in [9.17, 15) is 9.90 Å². The lowest BCUT2D eigenvalue weighted by atomic mass is 10.1. The highest BCUT2D eigenvalue weighted by atomic mass is 35.5. The van der Waals surface area contributed by atoms with E-state index in [1.54, 1.807) is 0 Å². The fourth-order valence-electron chi connectivity index (χ4n) is 0.885. The second-order valence-electron chi connectivity index (χ2n) is 2.35. The van der Waals surface area contributed by atoms with E-state index in [1.807, 2.05) is 0 Å². The molecule has 0 fully saturated rings. The van der Waals surface area contributed by atoms with E-state index < -0.39 is 5.06 Å². The van der Waals surface area contributed by atoms with Crippen molar-refractivity contribution in [3.8, 4) is 0 Å². The third-order valence-electron chi connectivity index (χ3n) is 1.26. The minimum absolute atomic E-state index is 0.146. The van der Waals surface area contributed by atoms with Crippen LogP contribution < -0.4 is 0 Å². The van der Waals surface area contributed by atoms with Crippen molar-refractivity contribution in [3.63, 3.8) is 0 Å². The summed E-state index contributed by atoms with van der Waals surface area (Å²) in [5, 5.41) is 8.13. The molecule has 0 bridgehead atoms. The molecule has 0 aromatic carbocycles. The molecule has 0 saturated carbocycles. The Morgan fingerprint density at radius 1 is 1.73 bits per heavy atom. The molecule has 2 nitrogen and oxygen atoms in total. The molecule has 0 radical (unpaired) electrons. The lowest BCUT2D eigenvalue weighted by molar-refractivity contribution is -0.104. The minimum Gasteiger partial charge on any atom is -0.371 e. The van der Waals surface area contributed by atoms with Gasteiger partial charge in [0, 0.05) is 17.0 Å². The number of carbonyl (C=O) groups excluding carboxylic acids is 1. The van der Waals surface area contributed by atoms with Gasteiger partial charge >= 0.3 is 0 Å². The Labute approximate surface area is 74.1 Å². The molecule has 1 atom stereocenters. The first kappa shape index (κ1) is 8.78. The van der Waals surface area contributed by atoms with Gasteiger partial charge in [0.25, 0.3) is 0 Å². The number of rotatable bonds is 1. The summed E-state index contributed by atoms with van der Waals surface area (Å²) in [4.78, 5) is 10.3. The van der Waals surface area contributed by atoms with Crippen molar-refractivity contribution in [2.24, 2.45) is 0 Å². The van der Waals surface area contributed by atoms with E-state index in [0.717, 1.165) is 0 Å². The summed E-state index contributed by atoms with van der Waals surface area (Å²) in [5.41, 5.74) is 0.304. The number of aldehydes is 1. The maximum absolute atomic E-state index is 10.3. The van der Waals surface area contributed by atoms with Gasteiger partial charge in [-0.05, 0) is 12.2 Å². The topological polar surface area (TPSA) is 37.3 Å². The maximum Gasteiger partial charge on any atom is 0.163 e. The molecule has 0 saturated heterocycles. The van der Waals surface area contributed by atoms with E-state index in [2.05, 4.69) is 0 Å². The van der Waals surface area contributed by atoms with Crippen LogP contribution in [0.15, 0.2) is 22.8 Å². The minimum atomic E-state index is -1.50. The van der Waals surface area contributed by atoms with Crippen LogP contribution in [0.4, 0.5) is 0 Å². The Balaban J connectivity index is 2.95. The summed E-state index contributed by atoms with van der Waals surface area (Å²) < 4.78 is 0. The Morgan fingerprint density at radius 2 is 2.36 bits per heavy atom. The van der Waals surface area contributed by atoms with E-state index >= 15 is 0 Å². The quantitative estimate of drug-likeness (QED) is 0.506. The van der Waals surface area contributed by atoms with Crippen LogP contribution in [0.5, 0.6) is 0 Å². The molecule has 0 aromatic rings. The Kier molecular flexibility index (Phi) is 2.37. The maximum atomic E-state index is 10.3. The number of alkyl halides is 1. The number of halogens is 2. The molecule has 0 aliphatic heterocycles. The summed E-state index contributed by atoms with van der Waals surface area (Å²) >= 11 is 11.1. The van der Waals surface area contributed by atoms with Crippen molar-refractivity contribution in [2.45, 2.75) is 11.5 Å². The zero-order valence-corrected chi connectivity index (χ0v) is 7.06. The third-order valence-corrected chi connectivity index (χ3v) is 1.75. The number of hydrogen-bond donors (Lipinski definition) is 1. The van der Waals surface area contributed by atoms with Crippen LogP contribution in [-0.2, 0) is 4.79 Å². The number of allylic oxidation sites excluding steroid dienone is 2. The lowest BCUT2D eigenvalue weighted by Gasteiger charge is -2.19. The molecule has 1 N–H and O–H groups in total. The van der Waals surface area contributed by atoms with Crippen molar-refractivity contribution >= 4 is 29.5 Å². The highest BCUT2D eigenvalue weighted by Crippen LogP contribution is 2.30. The summed E-state index contributed by atoms with van der Waals surface area (Å²) in [6, 6.07) is 0. The fraction of sp³-hybridized carbons (Fsp3) is 0.286. The average molecular weight is 193 g/mol. The van der Waals surface area contributed by atoms with Gasteiger partial charge in [-0.1, -0.05) is 23.2 Å². The van der Waals surface area contributed by atoms with Gasteiger partial charge < -0.3 is 5.11 Å². The summed E-state index contributed by atoms with van der Waals surface area (Å²) in [7, 11) is 0. The molecule has 1 aliphatic rings. The smallest absolute Gasteiger partial charge is 0.163 e. The Hall–Kier alpha value is -0.310. The van der Waals surface area contributed by atoms with Gasteiger partial charge in [-0.2, -0.15) is 0 Å². The highest BCUT2D eigenvalue weighted by Gasteiger charge is 2.25. The number of carbonyl (C=O) groups is 1. The molecule has 60 valence electrons. The third kappa shape index (κ3) is 2.33. The molecule has 11 heavy (non-hydrogen) atoms. The highest BCUT2D eigenvalue weighted by molar-refractivity contribution is 6.32. The van der Waals surface area contributed by atoms with E-state index in [1.165, 1.54) is 12.2 Å². The number of aliphatic hydroxyl groups is 1. The lowest BCUT2D eigenvalue weighted by Crippen LogP contribution is -2.20. The molecule has 0 spiro atoms. The first-order valence-corrected chi connectivity index (χ1v) is 3.74. The van der Waals surface area contributed by atoms with Crippen LogP contribution in [-0.4, -0.2) is 16.5 Å². The second-order valence-corrected chi connectivity index (χ2v) is 3.49. The van der Waals surface area contributed by atoms with Crippen molar-refractivity contribution in [1.29, 1.82) is 0 Å². The van der Waals surface area contributed by atoms with Gasteiger partial charge in [-0.3, -0.25) is 4.79 Å². The monoisotopic (exact) mass is 192 g/mol. The standard InChI is InChI=1S/C7H6Cl2O2/c8-6-1-5(4-10)2-7(9,11)3-6/h1-2,4,11H,3H2. The summed E-state index contributed by atoms with van der Waals surface area (Å²) in [5.74, 6) is 0. The van der Waals surface area contributed by atoms with E-state index in [4.69, 9.17) is 23.2 Å². The Morgan fingerprint density at radius 3 is 2.82 bits per heavy atom. The molecule has 1 rings (SSSR count). The van der Waals surface area contributed by atoms with Crippen LogP contribution >= 0.6 is 23.2 Å². The van der Waals surface area contributed by atoms with Crippen molar-refractivity contribution in [3.05, 3.63) is 22.8 Å². The van der Waals surface area contributed by atoms with Gasteiger partial charge in [-0.15, -0.1) is 0 Å². The average Bonchev–Trinajstić information content (AvgIpc) is 1.83. The predicted molar refractivity (Wildman–Crippen MR) is 43.5 cm³/mol. The predicted octanol–water partition coefficient (Wildman–Crippen LogP) is 1.57. The first-order valence-electron chi connectivity index (χ1n) is 2.99. The summed E-state index contributed by atoms with van der Waals surface area (Å²) in [6.45, 7) is 0. The fourth-order valence-corrected chi connectivity index (χ4v) is 1.55. The zero-order valence-electron chi connectivity index (χ0n) is 5.55. The molecule has 0 amide bonds. The largest absolute Gasteiger partial charge is 0.371 e. The summed E-state index contributed by atoms with van der Waals surface area (Å²) in [6.07, 6.45) is 3.49. The van der Waals surface area contributed by atoms with Crippen LogP contribution in [0.2, 0.25) is 0 Å². The van der Waals surface area contributed by atoms with Crippen molar-refractivity contribution in [1.82, 2.24) is 0 Å². The molecule has 4 heteroatoms. The molecule has 0 aromatic heterocycles. The second kappa shape index (κ2) is 2.97.